The van der Waals surface area contributed by atoms with Crippen LogP contribution in [-0.2, 0) is 0 Å². The van der Waals surface area contributed by atoms with Gasteiger partial charge in [-0.1, -0.05) is 6.07 Å². The maximum Gasteiger partial charge on any atom is 0.272 e. The predicted molar refractivity (Wildman–Crippen MR) is 83.3 cm³/mol. The third kappa shape index (κ3) is 3.18. The lowest BCUT2D eigenvalue weighted by atomic mass is 10.2. The molecule has 3 rings (SSSR count). The molecule has 0 bridgehead atoms. The molecular weight excluding hydrogens is 299 g/mol. The van der Waals surface area contributed by atoms with Crippen LogP contribution in [0, 0.1) is 12.7 Å². The number of hydrogen-bond donors (Lipinski definition) is 2. The van der Waals surface area contributed by atoms with Crippen molar-refractivity contribution in [1.82, 2.24) is 14.8 Å². The lowest BCUT2D eigenvalue weighted by molar-refractivity contribution is 0.102. The molecule has 0 fully saturated rings. The Morgan fingerprint density at radius 1 is 1.26 bits per heavy atom. The number of aryl methyl sites for hydroxylation is 1. The minimum Gasteiger partial charge on any atom is -0.321 e. The van der Waals surface area contributed by atoms with E-state index in [1.165, 1.54) is 35.1 Å². The molecule has 7 heteroatoms. The molecule has 23 heavy (non-hydrogen) atoms. The van der Waals surface area contributed by atoms with Crippen molar-refractivity contribution in [2.24, 2.45) is 0 Å². The van der Waals surface area contributed by atoms with Crippen LogP contribution < -0.4 is 10.9 Å². The molecule has 116 valence electrons. The monoisotopic (exact) mass is 312 g/mol. The zero-order valence-electron chi connectivity index (χ0n) is 12.2. The van der Waals surface area contributed by atoms with Gasteiger partial charge in [0.2, 0.25) is 0 Å². The smallest absolute Gasteiger partial charge is 0.272 e. The number of carbonyl (C=O) groups is 1. The van der Waals surface area contributed by atoms with Crippen LogP contribution in [0.3, 0.4) is 0 Å². The van der Waals surface area contributed by atoms with Gasteiger partial charge in [0.25, 0.3) is 11.5 Å². The Bertz CT molecular complexity index is 912. The zero-order valence-corrected chi connectivity index (χ0v) is 12.2. The number of aromatic nitrogens is 3. The van der Waals surface area contributed by atoms with Crippen molar-refractivity contribution in [3.8, 4) is 5.82 Å². The third-order valence-electron chi connectivity index (χ3n) is 3.17. The van der Waals surface area contributed by atoms with Gasteiger partial charge in [0.1, 0.15) is 5.82 Å². The van der Waals surface area contributed by atoms with E-state index in [0.717, 1.165) is 11.8 Å². The van der Waals surface area contributed by atoms with Crippen LogP contribution in [0.25, 0.3) is 5.82 Å². The molecule has 0 aliphatic heterocycles. The lowest BCUT2D eigenvalue weighted by Crippen LogP contribution is -2.16. The molecule has 0 saturated carbocycles. The van der Waals surface area contributed by atoms with Gasteiger partial charge in [-0.25, -0.2) is 14.1 Å². The van der Waals surface area contributed by atoms with E-state index in [2.05, 4.69) is 15.4 Å². The van der Waals surface area contributed by atoms with E-state index < -0.39 is 11.7 Å². The van der Waals surface area contributed by atoms with E-state index in [1.807, 2.05) is 0 Å². The number of nitrogens with zero attached hydrogens (tertiary/aromatic N) is 2. The number of anilines is 1. The van der Waals surface area contributed by atoms with Crippen molar-refractivity contribution in [2.45, 2.75) is 6.92 Å². The maximum atomic E-state index is 13.1. The Kier molecular flexibility index (Phi) is 3.76. The number of pyridine rings is 1. The van der Waals surface area contributed by atoms with E-state index in [4.69, 9.17) is 0 Å². The van der Waals surface area contributed by atoms with Gasteiger partial charge in [-0.2, -0.15) is 0 Å². The Balaban J connectivity index is 1.79. The standard InChI is InChI=1S/C16H13FN4O2/c1-10-7-15(22)21(20-10)14-6-5-13(9-18-14)19-16(23)11-3-2-4-12(17)8-11/h2-9,20H,1H3,(H,19,23). The van der Waals surface area contributed by atoms with Gasteiger partial charge in [0.15, 0.2) is 5.82 Å². The Labute approximate surface area is 130 Å². The molecule has 6 nitrogen and oxygen atoms in total. The van der Waals surface area contributed by atoms with Crippen LogP contribution in [0.5, 0.6) is 0 Å². The summed E-state index contributed by atoms with van der Waals surface area (Å²) in [5.41, 5.74) is 1.16. The zero-order chi connectivity index (χ0) is 16.4. The molecule has 0 atom stereocenters. The Morgan fingerprint density at radius 2 is 2.09 bits per heavy atom. The van der Waals surface area contributed by atoms with Crippen molar-refractivity contribution >= 4 is 11.6 Å². The number of aromatic amines is 1. The van der Waals surface area contributed by atoms with Gasteiger partial charge in [-0.15, -0.1) is 0 Å². The van der Waals surface area contributed by atoms with E-state index in [0.29, 0.717) is 11.5 Å². The Hall–Kier alpha value is -3.22. The molecule has 1 amide bonds. The van der Waals surface area contributed by atoms with Crippen molar-refractivity contribution in [1.29, 1.82) is 0 Å². The van der Waals surface area contributed by atoms with E-state index in [-0.39, 0.29) is 11.1 Å². The summed E-state index contributed by atoms with van der Waals surface area (Å²) in [5.74, 6) is -0.508. The normalized spacial score (nSPS) is 10.5. The summed E-state index contributed by atoms with van der Waals surface area (Å²) < 4.78 is 14.4. The fraction of sp³-hybridized carbons (Fsp3) is 0.0625. The summed E-state index contributed by atoms with van der Waals surface area (Å²) in [5, 5.41) is 5.48. The summed E-state index contributed by atoms with van der Waals surface area (Å²) in [7, 11) is 0. The number of rotatable bonds is 3. The number of benzene rings is 1. The Morgan fingerprint density at radius 3 is 2.70 bits per heavy atom. The van der Waals surface area contributed by atoms with Crippen LogP contribution in [-0.4, -0.2) is 20.7 Å². The van der Waals surface area contributed by atoms with Crippen molar-refractivity contribution in [2.75, 3.05) is 5.32 Å². The molecule has 2 heterocycles. The van der Waals surface area contributed by atoms with Crippen molar-refractivity contribution in [3.05, 3.63) is 76.1 Å². The minimum absolute atomic E-state index is 0.213. The molecule has 1 aromatic carbocycles. The van der Waals surface area contributed by atoms with Crippen molar-refractivity contribution in [3.63, 3.8) is 0 Å². The van der Waals surface area contributed by atoms with Gasteiger partial charge < -0.3 is 5.32 Å². The van der Waals surface area contributed by atoms with Gasteiger partial charge in [0.05, 0.1) is 11.9 Å². The summed E-state index contributed by atoms with van der Waals surface area (Å²) in [4.78, 5) is 27.8. The first-order valence-electron chi connectivity index (χ1n) is 6.85. The van der Waals surface area contributed by atoms with Gasteiger partial charge in [0, 0.05) is 17.3 Å². The first-order valence-corrected chi connectivity index (χ1v) is 6.85. The maximum absolute atomic E-state index is 13.1. The molecule has 0 aliphatic carbocycles. The predicted octanol–water partition coefficient (Wildman–Crippen LogP) is 2.26. The summed E-state index contributed by atoms with van der Waals surface area (Å²) in [6.45, 7) is 1.77. The van der Waals surface area contributed by atoms with E-state index in [9.17, 15) is 14.0 Å². The fourth-order valence-electron chi connectivity index (χ4n) is 2.11. The number of H-pyrrole nitrogens is 1. The van der Waals surface area contributed by atoms with Crippen LogP contribution >= 0.6 is 0 Å². The van der Waals surface area contributed by atoms with E-state index >= 15 is 0 Å². The van der Waals surface area contributed by atoms with Crippen LogP contribution in [0.15, 0.2) is 53.5 Å². The first kappa shape index (κ1) is 14.7. The van der Waals surface area contributed by atoms with E-state index in [1.54, 1.807) is 19.1 Å². The number of nitrogens with one attached hydrogen (secondary N) is 2. The number of amides is 1. The third-order valence-corrected chi connectivity index (χ3v) is 3.17. The highest BCUT2D eigenvalue weighted by atomic mass is 19.1. The first-order chi connectivity index (χ1) is 11.0. The number of carbonyl (C=O) groups excluding carboxylic acids is 1. The lowest BCUT2D eigenvalue weighted by Gasteiger charge is -2.06. The summed E-state index contributed by atoms with van der Waals surface area (Å²) in [6, 6.07) is 10.1. The number of halogens is 1. The molecule has 0 saturated heterocycles. The second-order valence-corrected chi connectivity index (χ2v) is 4.98. The highest BCUT2D eigenvalue weighted by Crippen LogP contribution is 2.11. The molecule has 2 N–H and O–H groups in total. The average molecular weight is 312 g/mol. The van der Waals surface area contributed by atoms with Gasteiger partial charge in [-0.05, 0) is 37.3 Å². The molecule has 0 aliphatic rings. The molecule has 0 unspecified atom stereocenters. The SMILES string of the molecule is Cc1cc(=O)n(-c2ccc(NC(=O)c3cccc(F)c3)cn2)[nH]1. The second kappa shape index (κ2) is 5.88. The highest BCUT2D eigenvalue weighted by Gasteiger charge is 2.08. The molecule has 3 aromatic rings. The van der Waals surface area contributed by atoms with Crippen LogP contribution in [0.4, 0.5) is 10.1 Å². The van der Waals surface area contributed by atoms with Crippen LogP contribution in [0.1, 0.15) is 16.1 Å². The average Bonchev–Trinajstić information content (AvgIpc) is 2.86. The minimum atomic E-state index is -0.479. The second-order valence-electron chi connectivity index (χ2n) is 4.98. The molecule has 0 spiro atoms. The molecular formula is C16H13FN4O2. The van der Waals surface area contributed by atoms with Gasteiger partial charge >= 0.3 is 0 Å². The van der Waals surface area contributed by atoms with Gasteiger partial charge in [-0.3, -0.25) is 14.7 Å². The topological polar surface area (TPSA) is 79.8 Å². The summed E-state index contributed by atoms with van der Waals surface area (Å²) >= 11 is 0. The quantitative estimate of drug-likeness (QED) is 0.778. The molecule has 0 radical (unpaired) electrons. The highest BCUT2D eigenvalue weighted by molar-refractivity contribution is 6.04. The fourth-order valence-corrected chi connectivity index (χ4v) is 2.11. The number of hydrogen-bond acceptors (Lipinski definition) is 3. The van der Waals surface area contributed by atoms with Crippen molar-refractivity contribution < 1.29 is 9.18 Å². The molecule has 2 aromatic heterocycles. The van der Waals surface area contributed by atoms with Crippen LogP contribution in [0.2, 0.25) is 0 Å². The largest absolute Gasteiger partial charge is 0.321 e. The summed E-state index contributed by atoms with van der Waals surface area (Å²) in [6.07, 6.45) is 1.43.